The van der Waals surface area contributed by atoms with E-state index in [0.29, 0.717) is 22.6 Å². The largest absolute Gasteiger partial charge is 0.494 e. The summed E-state index contributed by atoms with van der Waals surface area (Å²) in [6.45, 7) is 5.87. The normalized spacial score (nSPS) is 10.9. The van der Waals surface area contributed by atoms with E-state index in [1.807, 2.05) is 140 Å². The van der Waals surface area contributed by atoms with Crippen molar-refractivity contribution in [2.45, 2.75) is 65.2 Å². The van der Waals surface area contributed by atoms with Crippen LogP contribution in [-0.4, -0.2) is 25.2 Å². The lowest BCUT2D eigenvalue weighted by molar-refractivity contribution is 0.0725. The third kappa shape index (κ3) is 12.1. The van der Waals surface area contributed by atoms with Crippen molar-refractivity contribution in [3.05, 3.63) is 181 Å². The Labute approximate surface area is 366 Å². The smallest absolute Gasteiger partial charge is 0.343 e. The topological polar surface area (TPSA) is 71.1 Å². The monoisotopic (exact) mass is 822 g/mol. The van der Waals surface area contributed by atoms with Crippen LogP contribution < -0.4 is 18.9 Å². The molecule has 0 bridgehead atoms. The second-order valence-corrected chi connectivity index (χ2v) is 15.4. The molecule has 0 heterocycles. The number of ether oxygens (including phenoxy) is 4. The number of carbonyl (C=O) groups is 2. The van der Waals surface area contributed by atoms with Crippen LogP contribution in [0.4, 0.5) is 0 Å². The molecular formula is C56H54O6. The van der Waals surface area contributed by atoms with Gasteiger partial charge in [-0.25, -0.2) is 9.59 Å². The first-order valence-electron chi connectivity index (χ1n) is 21.9. The molecule has 0 saturated carbocycles. The minimum atomic E-state index is -0.415. The molecule has 6 nitrogen and oxygen atoms in total. The molecule has 0 aliphatic rings. The summed E-state index contributed by atoms with van der Waals surface area (Å²) < 4.78 is 23.2. The fourth-order valence-corrected chi connectivity index (χ4v) is 7.16. The van der Waals surface area contributed by atoms with E-state index in [2.05, 4.69) is 19.9 Å². The number of benzene rings is 7. The van der Waals surface area contributed by atoms with Crippen LogP contribution in [-0.2, 0) is 0 Å². The first-order chi connectivity index (χ1) is 30.4. The summed E-state index contributed by atoms with van der Waals surface area (Å²) in [5.74, 6) is 1.84. The zero-order valence-corrected chi connectivity index (χ0v) is 35.7. The summed E-state index contributed by atoms with van der Waals surface area (Å²) in [7, 11) is 0. The first kappa shape index (κ1) is 43.2. The highest BCUT2D eigenvalue weighted by Gasteiger charge is 2.12. The SMILES string of the molecule is CCCCCCOc1ccc(-c2ccc(C(=O)Oc3ccc(-c4cccc(-c5ccc(OC(=O)c6ccc(-c7ccc(OCCCCCC)cc7)cc6)cc5)c4)cc3)cc2)cc1. The number of esters is 2. The molecule has 7 aromatic rings. The lowest BCUT2D eigenvalue weighted by Crippen LogP contribution is -2.08. The maximum absolute atomic E-state index is 13.0. The van der Waals surface area contributed by atoms with Crippen LogP contribution in [0.3, 0.4) is 0 Å². The quantitative estimate of drug-likeness (QED) is 0.0433. The fourth-order valence-electron chi connectivity index (χ4n) is 7.16. The molecule has 0 N–H and O–H groups in total. The second kappa shape index (κ2) is 22.1. The molecule has 0 saturated heterocycles. The van der Waals surface area contributed by atoms with Crippen molar-refractivity contribution in [2.24, 2.45) is 0 Å². The van der Waals surface area contributed by atoms with Gasteiger partial charge in [-0.1, -0.05) is 143 Å². The predicted octanol–water partition coefficient (Wildman–Crippen LogP) is 14.7. The Morgan fingerprint density at radius 1 is 0.339 bits per heavy atom. The van der Waals surface area contributed by atoms with Crippen LogP contribution in [0.5, 0.6) is 23.0 Å². The Balaban J connectivity index is 0.891. The van der Waals surface area contributed by atoms with Gasteiger partial charge >= 0.3 is 11.9 Å². The molecule has 0 radical (unpaired) electrons. The van der Waals surface area contributed by atoms with Crippen molar-refractivity contribution < 1.29 is 28.5 Å². The molecule has 0 unspecified atom stereocenters. The van der Waals surface area contributed by atoms with Gasteiger partial charge in [0.25, 0.3) is 0 Å². The number of hydrogen-bond acceptors (Lipinski definition) is 6. The predicted molar refractivity (Wildman–Crippen MR) is 250 cm³/mol. The summed E-state index contributed by atoms with van der Waals surface area (Å²) >= 11 is 0. The molecule has 7 rings (SSSR count). The first-order valence-corrected chi connectivity index (χ1v) is 21.9. The Kier molecular flexibility index (Phi) is 15.4. The van der Waals surface area contributed by atoms with Gasteiger partial charge in [0.2, 0.25) is 0 Å². The maximum Gasteiger partial charge on any atom is 0.343 e. The van der Waals surface area contributed by atoms with Crippen LogP contribution in [0, 0.1) is 0 Å². The van der Waals surface area contributed by atoms with Gasteiger partial charge in [0.05, 0.1) is 24.3 Å². The highest BCUT2D eigenvalue weighted by molar-refractivity contribution is 5.92. The van der Waals surface area contributed by atoms with E-state index in [9.17, 15) is 9.59 Å². The summed E-state index contributed by atoms with van der Waals surface area (Å²) in [5.41, 5.74) is 9.08. The summed E-state index contributed by atoms with van der Waals surface area (Å²) in [6.07, 6.45) is 9.41. The van der Waals surface area contributed by atoms with Gasteiger partial charge in [0.1, 0.15) is 23.0 Å². The highest BCUT2D eigenvalue weighted by Crippen LogP contribution is 2.30. The molecule has 0 spiro atoms. The number of carbonyl (C=O) groups excluding carboxylic acids is 2. The van der Waals surface area contributed by atoms with E-state index < -0.39 is 11.9 Å². The zero-order valence-electron chi connectivity index (χ0n) is 35.7. The van der Waals surface area contributed by atoms with Gasteiger partial charge < -0.3 is 18.9 Å². The van der Waals surface area contributed by atoms with E-state index in [0.717, 1.165) is 82.1 Å². The Bertz CT molecular complexity index is 2300. The Morgan fingerprint density at radius 3 is 0.984 bits per heavy atom. The minimum absolute atomic E-state index is 0.415. The molecule has 0 amide bonds. The molecule has 62 heavy (non-hydrogen) atoms. The van der Waals surface area contributed by atoms with Crippen molar-refractivity contribution >= 4 is 11.9 Å². The molecule has 0 fully saturated rings. The van der Waals surface area contributed by atoms with E-state index in [1.54, 1.807) is 24.3 Å². The van der Waals surface area contributed by atoms with Crippen LogP contribution in [0.2, 0.25) is 0 Å². The lowest BCUT2D eigenvalue weighted by atomic mass is 9.99. The van der Waals surface area contributed by atoms with E-state index >= 15 is 0 Å². The third-order valence-corrected chi connectivity index (χ3v) is 10.8. The fraction of sp³-hybridized carbons (Fsp3) is 0.214. The van der Waals surface area contributed by atoms with Crippen LogP contribution in [0.15, 0.2) is 170 Å². The number of unbranched alkanes of at least 4 members (excludes halogenated alkanes) is 6. The van der Waals surface area contributed by atoms with Gasteiger partial charge in [0, 0.05) is 0 Å². The number of hydrogen-bond donors (Lipinski definition) is 0. The van der Waals surface area contributed by atoms with Crippen molar-refractivity contribution in [3.8, 4) is 67.5 Å². The van der Waals surface area contributed by atoms with Crippen LogP contribution in [0.1, 0.15) is 85.9 Å². The molecule has 0 atom stereocenters. The third-order valence-electron chi connectivity index (χ3n) is 10.8. The van der Waals surface area contributed by atoms with Gasteiger partial charge in [-0.2, -0.15) is 0 Å². The van der Waals surface area contributed by atoms with Crippen LogP contribution in [0.25, 0.3) is 44.5 Å². The lowest BCUT2D eigenvalue weighted by Gasteiger charge is -2.10. The van der Waals surface area contributed by atoms with E-state index in [-0.39, 0.29) is 0 Å². The molecule has 314 valence electrons. The molecular weight excluding hydrogens is 769 g/mol. The van der Waals surface area contributed by atoms with Gasteiger partial charge in [-0.3, -0.25) is 0 Å². The average molecular weight is 823 g/mol. The summed E-state index contributed by atoms with van der Waals surface area (Å²) in [4.78, 5) is 26.1. The van der Waals surface area contributed by atoms with Crippen molar-refractivity contribution in [1.29, 1.82) is 0 Å². The molecule has 0 aliphatic heterocycles. The second-order valence-electron chi connectivity index (χ2n) is 15.4. The number of rotatable bonds is 20. The van der Waals surface area contributed by atoms with E-state index in [1.165, 1.54) is 38.5 Å². The maximum atomic E-state index is 13.0. The standard InChI is InChI=1S/C56H54O6/c1-3-5-7-9-38-59-51-30-22-43(23-31-51)41-14-18-47(19-15-41)55(57)61-53-34-26-45(27-35-53)49-12-11-13-50(40-49)46-28-36-54(37-29-46)62-56(58)48-20-16-42(17-21-48)44-24-32-52(33-25-44)60-39-10-8-6-4-2/h11-37,40H,3-10,38-39H2,1-2H3. The van der Waals surface area contributed by atoms with E-state index in [4.69, 9.17) is 18.9 Å². The minimum Gasteiger partial charge on any atom is -0.494 e. The average Bonchev–Trinajstić information content (AvgIpc) is 3.32. The molecule has 0 aromatic heterocycles. The van der Waals surface area contributed by atoms with Gasteiger partial charge in [-0.15, -0.1) is 0 Å². The Hall–Kier alpha value is -6.92. The van der Waals surface area contributed by atoms with Crippen molar-refractivity contribution in [1.82, 2.24) is 0 Å². The summed E-state index contributed by atoms with van der Waals surface area (Å²) in [5, 5.41) is 0. The van der Waals surface area contributed by atoms with Crippen LogP contribution >= 0.6 is 0 Å². The highest BCUT2D eigenvalue weighted by atomic mass is 16.5. The van der Waals surface area contributed by atoms with Gasteiger partial charge in [-0.05, 0) is 136 Å². The molecule has 0 aliphatic carbocycles. The van der Waals surface area contributed by atoms with Gasteiger partial charge in [0.15, 0.2) is 0 Å². The summed E-state index contributed by atoms with van der Waals surface area (Å²) in [6, 6.07) is 54.2. The zero-order chi connectivity index (χ0) is 42.9. The molecule has 7 aromatic carbocycles. The van der Waals surface area contributed by atoms with Crippen molar-refractivity contribution in [2.75, 3.05) is 13.2 Å². The molecule has 6 heteroatoms. The Morgan fingerprint density at radius 2 is 0.645 bits per heavy atom. The van der Waals surface area contributed by atoms with Crippen molar-refractivity contribution in [3.63, 3.8) is 0 Å².